The molecule has 1 fully saturated rings. The van der Waals surface area contributed by atoms with E-state index in [0.717, 1.165) is 0 Å². The summed E-state index contributed by atoms with van der Waals surface area (Å²) in [4.78, 5) is 19.2. The molecule has 1 aliphatic rings. The van der Waals surface area contributed by atoms with Crippen molar-refractivity contribution in [1.29, 1.82) is 0 Å². The van der Waals surface area contributed by atoms with Crippen LogP contribution in [0.25, 0.3) is 5.82 Å². The maximum absolute atomic E-state index is 13.0. The fraction of sp³-hybridized carbons (Fsp3) is 0.250. The van der Waals surface area contributed by atoms with Crippen molar-refractivity contribution in [2.24, 2.45) is 11.7 Å². The van der Waals surface area contributed by atoms with E-state index >= 15 is 0 Å². The van der Waals surface area contributed by atoms with Crippen LogP contribution in [-0.2, 0) is 0 Å². The van der Waals surface area contributed by atoms with Crippen molar-refractivity contribution in [1.82, 2.24) is 19.7 Å². The van der Waals surface area contributed by atoms with Crippen LogP contribution in [-0.4, -0.2) is 45.2 Å². The van der Waals surface area contributed by atoms with Gasteiger partial charge in [-0.2, -0.15) is 5.10 Å². The smallest absolute Gasteiger partial charge is 0.254 e. The molecule has 2 N–H and O–H groups in total. The predicted octanol–water partition coefficient (Wildman–Crippen LogP) is 2.93. The summed E-state index contributed by atoms with van der Waals surface area (Å²) in [6.07, 6.45) is 5.14. The number of amides is 1. The van der Waals surface area contributed by atoms with Gasteiger partial charge in [0.2, 0.25) is 0 Å². The fourth-order valence-electron chi connectivity index (χ4n) is 3.62. The highest BCUT2D eigenvalue weighted by Gasteiger charge is 2.35. The highest BCUT2D eigenvalue weighted by atomic mass is 35.5. The topological polar surface area (TPSA) is 77.0 Å². The molecule has 1 aliphatic heterocycles. The molecule has 28 heavy (non-hydrogen) atoms. The van der Waals surface area contributed by atoms with E-state index < -0.39 is 0 Å². The van der Waals surface area contributed by atoms with Gasteiger partial charge in [-0.05, 0) is 36.2 Å². The van der Waals surface area contributed by atoms with E-state index in [0.29, 0.717) is 31.0 Å². The van der Waals surface area contributed by atoms with Gasteiger partial charge >= 0.3 is 0 Å². The number of pyridine rings is 1. The van der Waals surface area contributed by atoms with Crippen LogP contribution in [0.1, 0.15) is 21.8 Å². The molecule has 1 saturated heterocycles. The number of hydrogen-bond donors (Lipinski definition) is 1. The third-order valence-corrected chi connectivity index (χ3v) is 4.99. The average molecular weight is 420 g/mol. The standard InChI is InChI=1S/C20H21N5O.2ClH/c21-12-17-13-24(14-18(17)15-5-2-1-3-6-15)20(26)16-7-9-22-19(11-16)25-10-4-8-23-25;;/h1-11,17-18H,12-14,21H2;2*1H/t17-,18+;;/m1../s1. The van der Waals surface area contributed by atoms with Crippen LogP contribution >= 0.6 is 24.8 Å². The van der Waals surface area contributed by atoms with E-state index in [-0.39, 0.29) is 42.6 Å². The molecule has 0 bridgehead atoms. The number of benzene rings is 1. The lowest BCUT2D eigenvalue weighted by atomic mass is 9.89. The van der Waals surface area contributed by atoms with Crippen LogP contribution in [0, 0.1) is 5.92 Å². The monoisotopic (exact) mass is 419 g/mol. The second-order valence-corrected chi connectivity index (χ2v) is 6.58. The molecule has 4 rings (SSSR count). The van der Waals surface area contributed by atoms with Crippen molar-refractivity contribution in [3.63, 3.8) is 0 Å². The van der Waals surface area contributed by atoms with Gasteiger partial charge in [-0.3, -0.25) is 4.79 Å². The van der Waals surface area contributed by atoms with Crippen LogP contribution < -0.4 is 5.73 Å². The van der Waals surface area contributed by atoms with Gasteiger partial charge in [0, 0.05) is 43.2 Å². The molecule has 0 unspecified atom stereocenters. The van der Waals surface area contributed by atoms with Crippen LogP contribution in [0.4, 0.5) is 0 Å². The first-order valence-corrected chi connectivity index (χ1v) is 8.76. The van der Waals surface area contributed by atoms with Crippen LogP contribution in [0.3, 0.4) is 0 Å². The SMILES string of the molecule is Cl.Cl.NC[C@@H]1CN(C(=O)c2ccnc(-n3cccn3)c2)C[C@H]1c1ccccc1. The summed E-state index contributed by atoms with van der Waals surface area (Å²) in [7, 11) is 0. The van der Waals surface area contributed by atoms with E-state index in [9.17, 15) is 4.79 Å². The number of carbonyl (C=O) groups excluding carboxylic acids is 1. The summed E-state index contributed by atoms with van der Waals surface area (Å²) >= 11 is 0. The van der Waals surface area contributed by atoms with Gasteiger partial charge in [-0.15, -0.1) is 24.8 Å². The third kappa shape index (κ3) is 4.35. The van der Waals surface area contributed by atoms with Crippen molar-refractivity contribution >= 4 is 30.7 Å². The molecule has 0 radical (unpaired) electrons. The Morgan fingerprint density at radius 1 is 1.07 bits per heavy atom. The molecule has 0 aliphatic carbocycles. The van der Waals surface area contributed by atoms with E-state index in [1.54, 1.807) is 29.2 Å². The van der Waals surface area contributed by atoms with Crippen molar-refractivity contribution in [3.05, 3.63) is 78.2 Å². The molecule has 3 aromatic rings. The second-order valence-electron chi connectivity index (χ2n) is 6.58. The Hall–Kier alpha value is -2.41. The predicted molar refractivity (Wildman–Crippen MR) is 113 cm³/mol. The molecular weight excluding hydrogens is 397 g/mol. The Morgan fingerprint density at radius 2 is 1.86 bits per heavy atom. The lowest BCUT2D eigenvalue weighted by Gasteiger charge is -2.17. The van der Waals surface area contributed by atoms with Crippen LogP contribution in [0.5, 0.6) is 0 Å². The molecule has 1 aromatic carbocycles. The molecule has 1 amide bonds. The highest BCUT2D eigenvalue weighted by molar-refractivity contribution is 5.94. The van der Waals surface area contributed by atoms with Gasteiger partial charge in [0.1, 0.15) is 0 Å². The van der Waals surface area contributed by atoms with Gasteiger partial charge in [0.25, 0.3) is 5.91 Å². The Balaban J connectivity index is 0.00000140. The van der Waals surface area contributed by atoms with Crippen LogP contribution in [0.15, 0.2) is 67.1 Å². The Bertz CT molecular complexity index is 889. The first-order valence-electron chi connectivity index (χ1n) is 8.76. The fourth-order valence-corrected chi connectivity index (χ4v) is 3.62. The summed E-state index contributed by atoms with van der Waals surface area (Å²) < 4.78 is 1.65. The highest BCUT2D eigenvalue weighted by Crippen LogP contribution is 2.32. The minimum absolute atomic E-state index is 0. The number of nitrogens with zero attached hydrogens (tertiary/aromatic N) is 4. The second kappa shape index (κ2) is 9.68. The summed E-state index contributed by atoms with van der Waals surface area (Å²) in [5, 5.41) is 4.17. The zero-order valence-electron chi connectivity index (χ0n) is 15.2. The normalized spacial score (nSPS) is 18.2. The number of halogens is 2. The molecular formula is C20H23Cl2N5O. The molecule has 148 valence electrons. The van der Waals surface area contributed by atoms with Gasteiger partial charge < -0.3 is 10.6 Å². The maximum Gasteiger partial charge on any atom is 0.254 e. The first kappa shape index (κ1) is 21.9. The number of likely N-dealkylation sites (tertiary alicyclic amines) is 1. The summed E-state index contributed by atoms with van der Waals surface area (Å²) in [6.45, 7) is 1.93. The third-order valence-electron chi connectivity index (χ3n) is 4.99. The number of aromatic nitrogens is 3. The van der Waals surface area contributed by atoms with Crippen LogP contribution in [0.2, 0.25) is 0 Å². The minimum Gasteiger partial charge on any atom is -0.338 e. The lowest BCUT2D eigenvalue weighted by molar-refractivity contribution is 0.0786. The van der Waals surface area contributed by atoms with Gasteiger partial charge in [-0.1, -0.05) is 30.3 Å². The number of carbonyl (C=O) groups is 1. The molecule has 8 heteroatoms. The Morgan fingerprint density at radius 3 is 2.54 bits per heavy atom. The number of nitrogens with two attached hydrogens (primary N) is 1. The van der Waals surface area contributed by atoms with Crippen molar-refractivity contribution in [3.8, 4) is 5.82 Å². The quantitative estimate of drug-likeness (QED) is 0.704. The largest absolute Gasteiger partial charge is 0.338 e. The Kier molecular flexibility index (Phi) is 7.57. The van der Waals surface area contributed by atoms with Crippen molar-refractivity contribution in [2.45, 2.75) is 5.92 Å². The number of rotatable bonds is 4. The lowest BCUT2D eigenvalue weighted by Crippen LogP contribution is -2.30. The van der Waals surface area contributed by atoms with Gasteiger partial charge in [0.05, 0.1) is 0 Å². The Labute approximate surface area is 176 Å². The summed E-state index contributed by atoms with van der Waals surface area (Å²) in [5.74, 6) is 1.19. The first-order chi connectivity index (χ1) is 12.8. The zero-order valence-corrected chi connectivity index (χ0v) is 16.9. The zero-order chi connectivity index (χ0) is 17.9. The van der Waals surface area contributed by atoms with Gasteiger partial charge in [-0.25, -0.2) is 9.67 Å². The minimum atomic E-state index is 0. The number of hydrogen-bond acceptors (Lipinski definition) is 4. The van der Waals surface area contributed by atoms with Gasteiger partial charge in [0.15, 0.2) is 5.82 Å². The van der Waals surface area contributed by atoms with Crippen molar-refractivity contribution in [2.75, 3.05) is 19.6 Å². The molecule has 3 heterocycles. The van der Waals surface area contributed by atoms with Crippen molar-refractivity contribution < 1.29 is 4.79 Å². The van der Waals surface area contributed by atoms with E-state index in [2.05, 4.69) is 22.2 Å². The summed E-state index contributed by atoms with van der Waals surface area (Å²) in [6, 6.07) is 15.7. The summed E-state index contributed by atoms with van der Waals surface area (Å²) in [5.41, 5.74) is 7.85. The van der Waals surface area contributed by atoms with E-state index in [1.165, 1.54) is 5.56 Å². The van der Waals surface area contributed by atoms with E-state index in [4.69, 9.17) is 5.73 Å². The molecule has 6 nitrogen and oxygen atoms in total. The maximum atomic E-state index is 13.0. The molecule has 0 saturated carbocycles. The molecule has 2 aromatic heterocycles. The average Bonchev–Trinajstić information content (AvgIpc) is 3.38. The van der Waals surface area contributed by atoms with E-state index in [1.807, 2.05) is 35.4 Å². The molecule has 2 atom stereocenters. The molecule has 0 spiro atoms.